The van der Waals surface area contributed by atoms with E-state index in [2.05, 4.69) is 29.4 Å². The van der Waals surface area contributed by atoms with Gasteiger partial charge < -0.3 is 25.3 Å². The van der Waals surface area contributed by atoms with E-state index in [9.17, 15) is 0 Å². The van der Waals surface area contributed by atoms with Crippen molar-refractivity contribution in [3.05, 3.63) is 29.3 Å². The predicted molar refractivity (Wildman–Crippen MR) is 90.8 cm³/mol. The Kier molecular flexibility index (Phi) is 7.16. The van der Waals surface area contributed by atoms with Crippen LogP contribution in [-0.2, 0) is 16.0 Å². The van der Waals surface area contributed by atoms with Gasteiger partial charge in [-0.15, -0.1) is 0 Å². The minimum atomic E-state index is 0.415. The van der Waals surface area contributed by atoms with Gasteiger partial charge in [-0.3, -0.25) is 0 Å². The van der Waals surface area contributed by atoms with E-state index in [0.717, 1.165) is 30.9 Å². The molecule has 1 saturated heterocycles. The highest BCUT2D eigenvalue weighted by atomic mass is 16.5. The molecule has 23 heavy (non-hydrogen) atoms. The molecular weight excluding hydrogens is 294 g/mol. The molecule has 0 bridgehead atoms. The Labute approximate surface area is 138 Å². The first-order chi connectivity index (χ1) is 11.2. The van der Waals surface area contributed by atoms with Gasteiger partial charge in [0.05, 0.1) is 26.4 Å². The van der Waals surface area contributed by atoms with Gasteiger partial charge in [0.15, 0.2) is 5.96 Å². The number of benzene rings is 1. The Hall–Kier alpha value is -1.79. The van der Waals surface area contributed by atoms with Crippen molar-refractivity contribution >= 4 is 5.96 Å². The molecule has 128 valence electrons. The molecule has 1 aromatic carbocycles. The molecule has 1 aliphatic rings. The van der Waals surface area contributed by atoms with Gasteiger partial charge in [0.1, 0.15) is 5.75 Å². The molecular formula is C17H27N3O3. The maximum absolute atomic E-state index is 6.00. The summed E-state index contributed by atoms with van der Waals surface area (Å²) in [6.45, 7) is 6.09. The van der Waals surface area contributed by atoms with E-state index in [1.807, 2.05) is 6.07 Å². The third-order valence-electron chi connectivity index (χ3n) is 3.75. The molecule has 1 atom stereocenters. The lowest BCUT2D eigenvalue weighted by Gasteiger charge is -2.14. The summed E-state index contributed by atoms with van der Waals surface area (Å²) in [5.74, 6) is 1.77. The number of aliphatic imine (C=N–C) groups is 1. The Bertz CT molecular complexity index is 514. The van der Waals surface area contributed by atoms with Gasteiger partial charge in [0.2, 0.25) is 0 Å². The van der Waals surface area contributed by atoms with Crippen LogP contribution in [0.2, 0.25) is 0 Å². The van der Waals surface area contributed by atoms with Crippen molar-refractivity contribution < 1.29 is 14.2 Å². The first kappa shape index (κ1) is 17.6. The van der Waals surface area contributed by atoms with Crippen LogP contribution in [0.1, 0.15) is 17.5 Å². The molecule has 1 aromatic rings. The molecule has 3 N–H and O–H groups in total. The number of nitrogens with zero attached hydrogens (tertiary/aromatic N) is 1. The number of aryl methyl sites for hydroxylation is 1. The van der Waals surface area contributed by atoms with Crippen LogP contribution >= 0.6 is 0 Å². The van der Waals surface area contributed by atoms with E-state index in [-0.39, 0.29) is 0 Å². The lowest BCUT2D eigenvalue weighted by atomic mass is 10.1. The zero-order valence-corrected chi connectivity index (χ0v) is 14.0. The largest absolute Gasteiger partial charge is 0.493 e. The number of hydrogen-bond acceptors (Lipinski definition) is 4. The molecule has 1 fully saturated rings. The standard InChI is InChI=1S/C17H27N3O3/c1-13-3-4-15(10-20-17(18)19-6-8-21-2)16(9-13)23-12-14-5-7-22-11-14/h3-4,9,14H,5-8,10-12H2,1-2H3,(H3,18,19,20). The van der Waals surface area contributed by atoms with E-state index in [1.54, 1.807) is 7.11 Å². The lowest BCUT2D eigenvalue weighted by Crippen LogP contribution is -2.34. The van der Waals surface area contributed by atoms with E-state index < -0.39 is 0 Å². The minimum Gasteiger partial charge on any atom is -0.493 e. The first-order valence-electron chi connectivity index (χ1n) is 8.02. The fourth-order valence-electron chi connectivity index (χ4n) is 2.36. The third-order valence-corrected chi connectivity index (χ3v) is 3.75. The van der Waals surface area contributed by atoms with E-state index in [4.69, 9.17) is 19.9 Å². The summed E-state index contributed by atoms with van der Waals surface area (Å²) in [5.41, 5.74) is 8.04. The molecule has 6 nitrogen and oxygen atoms in total. The quantitative estimate of drug-likeness (QED) is 0.430. The fourth-order valence-corrected chi connectivity index (χ4v) is 2.36. The molecule has 0 aromatic heterocycles. The monoisotopic (exact) mass is 321 g/mol. The smallest absolute Gasteiger partial charge is 0.189 e. The van der Waals surface area contributed by atoms with Gasteiger partial charge in [0.25, 0.3) is 0 Å². The SMILES string of the molecule is COCCNC(N)=NCc1ccc(C)cc1OCC1CCOC1. The normalized spacial score (nSPS) is 18.2. The van der Waals surface area contributed by atoms with Gasteiger partial charge >= 0.3 is 0 Å². The van der Waals surface area contributed by atoms with Gasteiger partial charge in [-0.05, 0) is 25.0 Å². The lowest BCUT2D eigenvalue weighted by molar-refractivity contribution is 0.166. The second-order valence-corrected chi connectivity index (χ2v) is 5.77. The molecule has 0 radical (unpaired) electrons. The highest BCUT2D eigenvalue weighted by Gasteiger charge is 2.17. The van der Waals surface area contributed by atoms with E-state index >= 15 is 0 Å². The highest BCUT2D eigenvalue weighted by Crippen LogP contribution is 2.23. The van der Waals surface area contributed by atoms with Crippen molar-refractivity contribution in [3.63, 3.8) is 0 Å². The van der Waals surface area contributed by atoms with Gasteiger partial charge in [-0.1, -0.05) is 12.1 Å². The summed E-state index contributed by atoms with van der Waals surface area (Å²) in [5, 5.41) is 3.01. The van der Waals surface area contributed by atoms with Gasteiger partial charge in [-0.25, -0.2) is 4.99 Å². The van der Waals surface area contributed by atoms with Crippen LogP contribution in [0.25, 0.3) is 0 Å². The number of rotatable bonds is 8. The Morgan fingerprint density at radius 2 is 2.35 bits per heavy atom. The van der Waals surface area contributed by atoms with Gasteiger partial charge in [0, 0.05) is 31.7 Å². The second kappa shape index (κ2) is 9.37. The van der Waals surface area contributed by atoms with Gasteiger partial charge in [-0.2, -0.15) is 0 Å². The summed E-state index contributed by atoms with van der Waals surface area (Å²) < 4.78 is 16.4. The molecule has 1 heterocycles. The topological polar surface area (TPSA) is 78.1 Å². The van der Waals surface area contributed by atoms with Crippen LogP contribution in [-0.4, -0.2) is 46.0 Å². The summed E-state index contributed by atoms with van der Waals surface area (Å²) in [6, 6.07) is 6.15. The molecule has 0 aliphatic carbocycles. The second-order valence-electron chi connectivity index (χ2n) is 5.77. The molecule has 1 aliphatic heterocycles. The number of guanidine groups is 1. The number of hydrogen-bond donors (Lipinski definition) is 2. The zero-order valence-electron chi connectivity index (χ0n) is 14.0. The van der Waals surface area contributed by atoms with Crippen molar-refractivity contribution in [2.75, 3.05) is 40.1 Å². The van der Waals surface area contributed by atoms with Crippen LogP contribution in [0, 0.1) is 12.8 Å². The number of ether oxygens (including phenoxy) is 3. The average molecular weight is 321 g/mol. The number of methoxy groups -OCH3 is 1. The molecule has 0 saturated carbocycles. The number of nitrogens with two attached hydrogens (primary N) is 1. The summed E-state index contributed by atoms with van der Waals surface area (Å²) >= 11 is 0. The Morgan fingerprint density at radius 3 is 3.09 bits per heavy atom. The number of nitrogens with one attached hydrogen (secondary N) is 1. The van der Waals surface area contributed by atoms with Crippen molar-refractivity contribution in [2.24, 2.45) is 16.6 Å². The Balaban J connectivity index is 1.92. The predicted octanol–water partition coefficient (Wildman–Crippen LogP) is 1.46. The minimum absolute atomic E-state index is 0.415. The van der Waals surface area contributed by atoms with Crippen LogP contribution in [0.15, 0.2) is 23.2 Å². The molecule has 1 unspecified atom stereocenters. The van der Waals surface area contributed by atoms with Crippen LogP contribution < -0.4 is 15.8 Å². The first-order valence-corrected chi connectivity index (χ1v) is 8.02. The zero-order chi connectivity index (χ0) is 16.5. The maximum atomic E-state index is 6.00. The molecule has 0 spiro atoms. The average Bonchev–Trinajstić information content (AvgIpc) is 3.05. The summed E-state index contributed by atoms with van der Waals surface area (Å²) in [4.78, 5) is 4.36. The maximum Gasteiger partial charge on any atom is 0.189 e. The van der Waals surface area contributed by atoms with Crippen LogP contribution in [0.5, 0.6) is 5.75 Å². The van der Waals surface area contributed by atoms with Crippen molar-refractivity contribution in [3.8, 4) is 5.75 Å². The van der Waals surface area contributed by atoms with Crippen molar-refractivity contribution in [2.45, 2.75) is 19.9 Å². The fraction of sp³-hybridized carbons (Fsp3) is 0.588. The van der Waals surface area contributed by atoms with Crippen molar-refractivity contribution in [1.29, 1.82) is 0 Å². The Morgan fingerprint density at radius 1 is 1.48 bits per heavy atom. The van der Waals surface area contributed by atoms with Crippen LogP contribution in [0.3, 0.4) is 0 Å². The summed E-state index contributed by atoms with van der Waals surface area (Å²) in [6.07, 6.45) is 1.07. The highest BCUT2D eigenvalue weighted by molar-refractivity contribution is 5.77. The summed E-state index contributed by atoms with van der Waals surface area (Å²) in [7, 11) is 1.65. The van der Waals surface area contributed by atoms with Crippen molar-refractivity contribution in [1.82, 2.24) is 5.32 Å². The van der Waals surface area contributed by atoms with E-state index in [0.29, 0.717) is 38.2 Å². The third kappa shape index (κ3) is 6.08. The molecule has 0 amide bonds. The van der Waals surface area contributed by atoms with Crippen LogP contribution in [0.4, 0.5) is 0 Å². The van der Waals surface area contributed by atoms with E-state index in [1.165, 1.54) is 5.56 Å². The molecule has 6 heteroatoms. The molecule has 2 rings (SSSR count).